The zero-order valence-corrected chi connectivity index (χ0v) is 15.2. The Labute approximate surface area is 152 Å². The summed E-state index contributed by atoms with van der Waals surface area (Å²) in [6.45, 7) is 7.12. The first-order valence-corrected chi connectivity index (χ1v) is 8.31. The highest BCUT2D eigenvalue weighted by Crippen LogP contribution is 2.36. The third-order valence-electron chi connectivity index (χ3n) is 4.35. The first kappa shape index (κ1) is 22.0. The lowest BCUT2D eigenvalue weighted by Crippen LogP contribution is -2.46. The minimum Gasteiger partial charge on any atom is -0.406 e. The number of ether oxygens (including phenoxy) is 1. The molecule has 8 heteroatoms. The van der Waals surface area contributed by atoms with Gasteiger partial charge >= 0.3 is 6.36 Å². The van der Waals surface area contributed by atoms with Crippen LogP contribution >= 0.6 is 12.4 Å². The normalized spacial score (nSPS) is 18.3. The van der Waals surface area contributed by atoms with Gasteiger partial charge in [-0.1, -0.05) is 20.3 Å². The summed E-state index contributed by atoms with van der Waals surface area (Å²) in [5, 5.41) is 3.24. The van der Waals surface area contributed by atoms with Crippen LogP contribution in [-0.2, 0) is 0 Å². The lowest BCUT2D eigenvalue weighted by Gasteiger charge is -2.39. The Morgan fingerprint density at radius 1 is 1.24 bits per heavy atom. The molecule has 0 amide bonds. The van der Waals surface area contributed by atoms with E-state index in [1.807, 2.05) is 13.8 Å². The molecule has 0 aliphatic carbocycles. The fraction of sp³-hybridized carbons (Fsp3) is 0.647. The third-order valence-corrected chi connectivity index (χ3v) is 4.35. The van der Waals surface area contributed by atoms with Gasteiger partial charge in [-0.05, 0) is 30.5 Å². The van der Waals surface area contributed by atoms with Gasteiger partial charge in [0, 0.05) is 37.8 Å². The molecule has 0 bridgehead atoms. The Bertz CT molecular complexity index is 536. The molecule has 1 aliphatic heterocycles. The molecular formula is C17H25ClF4N2O. The largest absolute Gasteiger partial charge is 0.573 e. The van der Waals surface area contributed by atoms with Gasteiger partial charge in [-0.15, -0.1) is 25.6 Å². The van der Waals surface area contributed by atoms with E-state index in [-0.39, 0.29) is 35.7 Å². The highest BCUT2D eigenvalue weighted by Gasteiger charge is 2.33. The van der Waals surface area contributed by atoms with Gasteiger partial charge < -0.3 is 10.1 Å². The number of halogens is 5. The molecule has 1 saturated heterocycles. The Balaban J connectivity index is 0.00000312. The van der Waals surface area contributed by atoms with E-state index < -0.39 is 12.2 Å². The van der Waals surface area contributed by atoms with Crippen molar-refractivity contribution in [1.29, 1.82) is 0 Å². The van der Waals surface area contributed by atoms with Crippen molar-refractivity contribution in [2.75, 3.05) is 26.2 Å². The number of nitrogens with zero attached hydrogens (tertiary/aromatic N) is 1. The van der Waals surface area contributed by atoms with Crippen molar-refractivity contribution >= 4 is 12.4 Å². The molecular weight excluding hydrogens is 360 g/mol. The first-order chi connectivity index (χ1) is 11.3. The van der Waals surface area contributed by atoms with E-state index in [1.165, 1.54) is 6.07 Å². The Hall–Kier alpha value is -1.05. The SMILES string of the molecule is CCCC(C)[C@@H](c1cc(OC(F)(F)F)ccc1F)N1CCNCC1.Cl. The van der Waals surface area contributed by atoms with Crippen LogP contribution in [-0.4, -0.2) is 37.4 Å². The van der Waals surface area contributed by atoms with Crippen molar-refractivity contribution < 1.29 is 22.3 Å². The van der Waals surface area contributed by atoms with Gasteiger partial charge in [-0.3, -0.25) is 4.90 Å². The van der Waals surface area contributed by atoms with E-state index >= 15 is 0 Å². The summed E-state index contributed by atoms with van der Waals surface area (Å²) < 4.78 is 55.8. The van der Waals surface area contributed by atoms with Crippen molar-refractivity contribution in [3.05, 3.63) is 29.6 Å². The Morgan fingerprint density at radius 3 is 2.44 bits per heavy atom. The number of hydrogen-bond donors (Lipinski definition) is 1. The monoisotopic (exact) mass is 384 g/mol. The van der Waals surface area contributed by atoms with Crippen LogP contribution in [0.4, 0.5) is 17.6 Å². The van der Waals surface area contributed by atoms with Crippen LogP contribution in [0, 0.1) is 11.7 Å². The second-order valence-corrected chi connectivity index (χ2v) is 6.23. The lowest BCUT2D eigenvalue weighted by molar-refractivity contribution is -0.274. The molecule has 1 N–H and O–H groups in total. The van der Waals surface area contributed by atoms with Crippen molar-refractivity contribution in [2.45, 2.75) is 39.1 Å². The van der Waals surface area contributed by atoms with Crippen molar-refractivity contribution in [3.8, 4) is 5.75 Å². The molecule has 1 aliphatic rings. The highest BCUT2D eigenvalue weighted by molar-refractivity contribution is 5.85. The number of nitrogens with one attached hydrogen (secondary N) is 1. The lowest BCUT2D eigenvalue weighted by atomic mass is 9.88. The molecule has 0 radical (unpaired) electrons. The van der Waals surface area contributed by atoms with E-state index in [0.29, 0.717) is 0 Å². The van der Waals surface area contributed by atoms with Gasteiger partial charge in [0.2, 0.25) is 0 Å². The van der Waals surface area contributed by atoms with Gasteiger partial charge in [0.25, 0.3) is 0 Å². The fourth-order valence-electron chi connectivity index (χ4n) is 3.38. The van der Waals surface area contributed by atoms with Crippen LogP contribution in [0.2, 0.25) is 0 Å². The van der Waals surface area contributed by atoms with Gasteiger partial charge in [-0.25, -0.2) is 4.39 Å². The van der Waals surface area contributed by atoms with Gasteiger partial charge in [0.05, 0.1) is 0 Å². The van der Waals surface area contributed by atoms with E-state index in [9.17, 15) is 17.6 Å². The summed E-state index contributed by atoms with van der Waals surface area (Å²) in [7, 11) is 0. The van der Waals surface area contributed by atoms with Gasteiger partial charge in [-0.2, -0.15) is 0 Å². The molecule has 0 aromatic heterocycles. The highest BCUT2D eigenvalue weighted by atomic mass is 35.5. The number of hydrogen-bond acceptors (Lipinski definition) is 3. The second kappa shape index (κ2) is 9.59. The molecule has 25 heavy (non-hydrogen) atoms. The quantitative estimate of drug-likeness (QED) is 0.729. The van der Waals surface area contributed by atoms with E-state index in [1.54, 1.807) is 0 Å². The summed E-state index contributed by atoms with van der Waals surface area (Å²) in [5.74, 6) is -0.734. The maximum Gasteiger partial charge on any atom is 0.573 e. The number of rotatable bonds is 6. The molecule has 1 unspecified atom stereocenters. The van der Waals surface area contributed by atoms with Crippen molar-refractivity contribution in [1.82, 2.24) is 10.2 Å². The summed E-state index contributed by atoms with van der Waals surface area (Å²) in [5.41, 5.74) is 0.277. The third kappa shape index (κ3) is 6.31. The van der Waals surface area contributed by atoms with Crippen molar-refractivity contribution in [2.24, 2.45) is 5.92 Å². The zero-order chi connectivity index (χ0) is 17.7. The number of piperazine rings is 1. The van der Waals surface area contributed by atoms with E-state index in [2.05, 4.69) is 15.0 Å². The van der Waals surface area contributed by atoms with Gasteiger partial charge in [0.1, 0.15) is 11.6 Å². The van der Waals surface area contributed by atoms with Crippen LogP contribution in [0.1, 0.15) is 38.3 Å². The first-order valence-electron chi connectivity index (χ1n) is 8.31. The summed E-state index contributed by atoms with van der Waals surface area (Å²) in [4.78, 5) is 2.15. The summed E-state index contributed by atoms with van der Waals surface area (Å²) in [6, 6.07) is 3.02. The maximum atomic E-state index is 14.4. The molecule has 0 spiro atoms. The zero-order valence-electron chi connectivity index (χ0n) is 14.4. The predicted octanol–water partition coefficient (Wildman–Crippen LogP) is 4.53. The summed E-state index contributed by atoms with van der Waals surface area (Å²) >= 11 is 0. The minimum atomic E-state index is -4.78. The molecule has 144 valence electrons. The Morgan fingerprint density at radius 2 is 1.88 bits per heavy atom. The average Bonchev–Trinajstić information content (AvgIpc) is 2.50. The molecule has 1 aromatic rings. The molecule has 2 rings (SSSR count). The van der Waals surface area contributed by atoms with Crippen LogP contribution in [0.15, 0.2) is 18.2 Å². The Kier molecular flexibility index (Phi) is 8.44. The number of alkyl halides is 3. The molecule has 1 heterocycles. The molecule has 1 aromatic carbocycles. The topological polar surface area (TPSA) is 24.5 Å². The average molecular weight is 385 g/mol. The number of benzene rings is 1. The molecule has 0 saturated carbocycles. The maximum absolute atomic E-state index is 14.4. The van der Waals surface area contributed by atoms with E-state index in [4.69, 9.17) is 0 Å². The standard InChI is InChI=1S/C17H24F4N2O.ClH/c1-3-4-12(2)16(23-9-7-22-8-10-23)14-11-13(5-6-15(14)18)24-17(19,20)21;/h5-6,11-12,16,22H,3-4,7-10H2,1-2H3;1H/t12?,16-;/m0./s1. The van der Waals surface area contributed by atoms with Gasteiger partial charge in [0.15, 0.2) is 0 Å². The smallest absolute Gasteiger partial charge is 0.406 e. The second-order valence-electron chi connectivity index (χ2n) is 6.23. The van der Waals surface area contributed by atoms with Crippen LogP contribution in [0.3, 0.4) is 0 Å². The van der Waals surface area contributed by atoms with Crippen LogP contribution in [0.5, 0.6) is 5.75 Å². The fourth-order valence-corrected chi connectivity index (χ4v) is 3.38. The van der Waals surface area contributed by atoms with Crippen molar-refractivity contribution in [3.63, 3.8) is 0 Å². The van der Waals surface area contributed by atoms with Crippen LogP contribution < -0.4 is 10.1 Å². The van der Waals surface area contributed by atoms with Crippen LogP contribution in [0.25, 0.3) is 0 Å². The predicted molar refractivity (Wildman–Crippen MR) is 91.6 cm³/mol. The molecule has 3 nitrogen and oxygen atoms in total. The van der Waals surface area contributed by atoms with E-state index in [0.717, 1.165) is 51.2 Å². The molecule has 2 atom stereocenters. The summed E-state index contributed by atoms with van der Waals surface area (Å²) in [6.07, 6.45) is -2.98. The minimum absolute atomic E-state index is 0. The molecule has 1 fully saturated rings.